The predicted octanol–water partition coefficient (Wildman–Crippen LogP) is 1.30. The smallest absolute Gasteiger partial charge is 0.303 e. The highest BCUT2D eigenvalue weighted by Gasteiger charge is 2.10. The van der Waals surface area contributed by atoms with Crippen molar-refractivity contribution in [2.45, 2.75) is 25.7 Å². The molecular formula is C16H22N2O4. The molecule has 0 saturated heterocycles. The molecule has 0 heterocycles. The summed E-state index contributed by atoms with van der Waals surface area (Å²) >= 11 is 0. The number of rotatable bonds is 8. The second-order valence-electron chi connectivity index (χ2n) is 5.09. The van der Waals surface area contributed by atoms with Gasteiger partial charge in [-0.1, -0.05) is 12.1 Å². The first kappa shape index (κ1) is 17.7. The van der Waals surface area contributed by atoms with Crippen LogP contribution in [0.4, 0.5) is 0 Å². The van der Waals surface area contributed by atoms with Crippen LogP contribution in [0.3, 0.4) is 0 Å². The Morgan fingerprint density at radius 1 is 1.23 bits per heavy atom. The number of carboxylic acids is 1. The number of carbonyl (C=O) groups is 3. The second-order valence-corrected chi connectivity index (χ2v) is 5.09. The molecule has 0 aliphatic rings. The van der Waals surface area contributed by atoms with Crippen molar-refractivity contribution in [1.29, 1.82) is 0 Å². The number of benzene rings is 1. The maximum atomic E-state index is 12.0. The van der Waals surface area contributed by atoms with Crippen LogP contribution in [0.5, 0.6) is 0 Å². The van der Waals surface area contributed by atoms with Crippen LogP contribution in [0.2, 0.25) is 0 Å². The van der Waals surface area contributed by atoms with Gasteiger partial charge in [0.2, 0.25) is 5.91 Å². The van der Waals surface area contributed by atoms with Crippen LogP contribution in [-0.4, -0.2) is 48.4 Å². The number of nitrogens with zero attached hydrogens (tertiary/aromatic N) is 1. The number of aliphatic carboxylic acids is 1. The van der Waals surface area contributed by atoms with Gasteiger partial charge in [-0.3, -0.25) is 14.4 Å². The highest BCUT2D eigenvalue weighted by atomic mass is 16.4. The number of hydrogen-bond acceptors (Lipinski definition) is 3. The van der Waals surface area contributed by atoms with Crippen molar-refractivity contribution in [1.82, 2.24) is 10.2 Å². The minimum atomic E-state index is -0.855. The van der Waals surface area contributed by atoms with E-state index in [2.05, 4.69) is 5.32 Å². The lowest BCUT2D eigenvalue weighted by Gasteiger charge is -2.16. The standard InChI is InChI=1S/C16H22N2O4/c1-17-16(22)13-6-3-5-12(11-13)8-9-14(19)18(2)10-4-7-15(20)21/h3,5-6,11H,4,7-10H2,1-2H3,(H,17,22)(H,20,21). The van der Waals surface area contributed by atoms with Crippen molar-refractivity contribution in [2.24, 2.45) is 0 Å². The van der Waals surface area contributed by atoms with Crippen molar-refractivity contribution in [3.63, 3.8) is 0 Å². The molecule has 0 spiro atoms. The summed E-state index contributed by atoms with van der Waals surface area (Å²) in [7, 11) is 3.25. The summed E-state index contributed by atoms with van der Waals surface area (Å²) < 4.78 is 0. The first-order valence-electron chi connectivity index (χ1n) is 7.21. The first-order chi connectivity index (χ1) is 10.4. The maximum absolute atomic E-state index is 12.0. The fourth-order valence-corrected chi connectivity index (χ4v) is 2.05. The van der Waals surface area contributed by atoms with E-state index in [0.717, 1.165) is 5.56 Å². The summed E-state index contributed by atoms with van der Waals surface area (Å²) in [6.45, 7) is 0.434. The quantitative estimate of drug-likeness (QED) is 0.758. The highest BCUT2D eigenvalue weighted by Crippen LogP contribution is 2.09. The minimum Gasteiger partial charge on any atom is -0.481 e. The lowest BCUT2D eigenvalue weighted by Crippen LogP contribution is -2.28. The van der Waals surface area contributed by atoms with Crippen LogP contribution in [0.1, 0.15) is 35.2 Å². The molecule has 0 aliphatic carbocycles. The number of aryl methyl sites for hydroxylation is 1. The Bertz CT molecular complexity index is 543. The van der Waals surface area contributed by atoms with Crippen LogP contribution in [0.25, 0.3) is 0 Å². The molecular weight excluding hydrogens is 284 g/mol. The Kier molecular flexibility index (Phi) is 7.08. The lowest BCUT2D eigenvalue weighted by molar-refractivity contribution is -0.138. The number of amides is 2. The molecule has 6 nitrogen and oxygen atoms in total. The molecule has 0 aromatic heterocycles. The van der Waals surface area contributed by atoms with Crippen LogP contribution in [-0.2, 0) is 16.0 Å². The third-order valence-electron chi connectivity index (χ3n) is 3.35. The predicted molar refractivity (Wildman–Crippen MR) is 82.7 cm³/mol. The summed E-state index contributed by atoms with van der Waals surface area (Å²) in [5, 5.41) is 11.1. The van der Waals surface area contributed by atoms with Crippen molar-refractivity contribution in [3.8, 4) is 0 Å². The van der Waals surface area contributed by atoms with Gasteiger partial charge in [0, 0.05) is 39.0 Å². The van der Waals surface area contributed by atoms with E-state index in [9.17, 15) is 14.4 Å². The Balaban J connectivity index is 2.46. The Hall–Kier alpha value is -2.37. The second kappa shape index (κ2) is 8.81. The van der Waals surface area contributed by atoms with Gasteiger partial charge >= 0.3 is 5.97 Å². The molecule has 22 heavy (non-hydrogen) atoms. The van der Waals surface area contributed by atoms with Crippen LogP contribution >= 0.6 is 0 Å². The molecule has 0 radical (unpaired) electrons. The molecule has 1 aromatic rings. The number of nitrogens with one attached hydrogen (secondary N) is 1. The fraction of sp³-hybridized carbons (Fsp3) is 0.438. The van der Waals surface area contributed by atoms with Crippen molar-refractivity contribution < 1.29 is 19.5 Å². The molecule has 120 valence electrons. The fourth-order valence-electron chi connectivity index (χ4n) is 2.05. The molecule has 0 bridgehead atoms. The summed E-state index contributed by atoms with van der Waals surface area (Å²) in [5.41, 5.74) is 1.50. The van der Waals surface area contributed by atoms with Crippen LogP contribution in [0.15, 0.2) is 24.3 Å². The molecule has 2 N–H and O–H groups in total. The molecule has 1 rings (SSSR count). The Morgan fingerprint density at radius 3 is 2.59 bits per heavy atom. The summed E-state index contributed by atoms with van der Waals surface area (Å²) in [6, 6.07) is 7.17. The van der Waals surface area contributed by atoms with E-state index < -0.39 is 5.97 Å². The Morgan fingerprint density at radius 2 is 1.95 bits per heavy atom. The van der Waals surface area contributed by atoms with Gasteiger partial charge in [-0.25, -0.2) is 0 Å². The normalized spacial score (nSPS) is 10.1. The van der Waals surface area contributed by atoms with Gasteiger partial charge in [-0.05, 0) is 30.5 Å². The summed E-state index contributed by atoms with van der Waals surface area (Å²) in [5.74, 6) is -1.04. The zero-order valence-electron chi connectivity index (χ0n) is 13.0. The first-order valence-corrected chi connectivity index (χ1v) is 7.21. The average Bonchev–Trinajstić information content (AvgIpc) is 2.51. The molecule has 6 heteroatoms. The zero-order chi connectivity index (χ0) is 16.5. The van der Waals surface area contributed by atoms with E-state index in [1.165, 1.54) is 0 Å². The summed E-state index contributed by atoms with van der Waals surface area (Å²) in [6.07, 6.45) is 1.39. The largest absolute Gasteiger partial charge is 0.481 e. The molecule has 0 unspecified atom stereocenters. The third-order valence-corrected chi connectivity index (χ3v) is 3.35. The zero-order valence-corrected chi connectivity index (χ0v) is 13.0. The minimum absolute atomic E-state index is 0.0317. The van der Waals surface area contributed by atoms with Gasteiger partial charge in [0.25, 0.3) is 5.91 Å². The van der Waals surface area contributed by atoms with Crippen LogP contribution < -0.4 is 5.32 Å². The van der Waals surface area contributed by atoms with E-state index in [0.29, 0.717) is 31.4 Å². The van der Waals surface area contributed by atoms with E-state index >= 15 is 0 Å². The number of hydrogen-bond donors (Lipinski definition) is 2. The molecule has 0 aliphatic heterocycles. The SMILES string of the molecule is CNC(=O)c1cccc(CCC(=O)N(C)CCCC(=O)O)c1. The molecule has 1 aromatic carbocycles. The average molecular weight is 306 g/mol. The molecule has 0 atom stereocenters. The third kappa shape index (κ3) is 5.95. The van der Waals surface area contributed by atoms with E-state index in [1.807, 2.05) is 6.07 Å². The monoisotopic (exact) mass is 306 g/mol. The van der Waals surface area contributed by atoms with Gasteiger partial charge in [0.05, 0.1) is 0 Å². The molecule has 0 fully saturated rings. The summed E-state index contributed by atoms with van der Waals surface area (Å²) in [4.78, 5) is 35.5. The van der Waals surface area contributed by atoms with E-state index in [1.54, 1.807) is 37.2 Å². The van der Waals surface area contributed by atoms with Crippen LogP contribution in [0, 0.1) is 0 Å². The number of carboxylic acid groups (broad SMARTS) is 1. The molecule has 2 amide bonds. The van der Waals surface area contributed by atoms with E-state index in [4.69, 9.17) is 5.11 Å². The van der Waals surface area contributed by atoms with E-state index in [-0.39, 0.29) is 18.2 Å². The van der Waals surface area contributed by atoms with Gasteiger partial charge in [-0.2, -0.15) is 0 Å². The van der Waals surface area contributed by atoms with Crippen molar-refractivity contribution >= 4 is 17.8 Å². The molecule has 0 saturated carbocycles. The lowest BCUT2D eigenvalue weighted by atomic mass is 10.1. The van der Waals surface area contributed by atoms with Gasteiger partial charge in [-0.15, -0.1) is 0 Å². The van der Waals surface area contributed by atoms with Crippen molar-refractivity contribution in [3.05, 3.63) is 35.4 Å². The maximum Gasteiger partial charge on any atom is 0.303 e. The Labute approximate surface area is 130 Å². The topological polar surface area (TPSA) is 86.7 Å². The van der Waals surface area contributed by atoms with Gasteiger partial charge in [0.15, 0.2) is 0 Å². The number of carbonyl (C=O) groups excluding carboxylic acids is 2. The highest BCUT2D eigenvalue weighted by molar-refractivity contribution is 5.94. The van der Waals surface area contributed by atoms with Crippen molar-refractivity contribution in [2.75, 3.05) is 20.6 Å². The van der Waals surface area contributed by atoms with Gasteiger partial charge in [0.1, 0.15) is 0 Å². The van der Waals surface area contributed by atoms with Gasteiger partial charge < -0.3 is 15.3 Å².